The number of benzene rings is 1. The highest BCUT2D eigenvalue weighted by Gasteiger charge is 2.44. The van der Waals surface area contributed by atoms with Gasteiger partial charge in [-0.05, 0) is 17.7 Å². The Morgan fingerprint density at radius 3 is 2.74 bits per heavy atom. The maximum atomic E-state index is 10.2. The van der Waals surface area contributed by atoms with Gasteiger partial charge in [0.2, 0.25) is 0 Å². The normalized spacial score (nSPS) is 25.1. The Morgan fingerprint density at radius 1 is 1.15 bits per heavy atom. The van der Waals surface area contributed by atoms with Gasteiger partial charge in [0.1, 0.15) is 30.4 Å². The van der Waals surface area contributed by atoms with Gasteiger partial charge in [-0.25, -0.2) is 15.0 Å². The monoisotopic (exact) mass is 373 g/mol. The summed E-state index contributed by atoms with van der Waals surface area (Å²) in [5.74, 6) is 0.657. The third kappa shape index (κ3) is 3.19. The lowest BCUT2D eigenvalue weighted by molar-refractivity contribution is -0.0511. The molecule has 1 fully saturated rings. The number of fused-ring (bicyclic) bond motifs is 1. The van der Waals surface area contributed by atoms with Crippen LogP contribution in [-0.2, 0) is 11.3 Å². The fourth-order valence-electron chi connectivity index (χ4n) is 3.13. The van der Waals surface area contributed by atoms with E-state index >= 15 is 0 Å². The standard InChI is InChI=1S/C17H19N5O5/c23-6-11-13(25)14(26)17(27-11)22-8-21-12-15(19-7-20-16(12)22)18-5-9-2-1-3-10(24)4-9/h1-4,7-8,11,13-14,17,23-26H,5-6H2,(H,18,19,20)/t11-,13-,14-,17-/m1/s1. The smallest absolute Gasteiger partial charge is 0.167 e. The Balaban J connectivity index is 1.60. The van der Waals surface area contributed by atoms with Gasteiger partial charge in [-0.1, -0.05) is 12.1 Å². The second-order valence-corrected chi connectivity index (χ2v) is 6.30. The fourth-order valence-corrected chi connectivity index (χ4v) is 3.13. The number of aliphatic hydroxyl groups excluding tert-OH is 3. The molecule has 10 nitrogen and oxygen atoms in total. The van der Waals surface area contributed by atoms with Crippen molar-refractivity contribution in [2.75, 3.05) is 11.9 Å². The molecule has 1 aromatic carbocycles. The van der Waals surface area contributed by atoms with Crippen molar-refractivity contribution in [1.29, 1.82) is 0 Å². The zero-order chi connectivity index (χ0) is 19.0. The van der Waals surface area contributed by atoms with Gasteiger partial charge in [-0.15, -0.1) is 0 Å². The molecule has 0 radical (unpaired) electrons. The number of hydrogen-bond donors (Lipinski definition) is 5. The Bertz CT molecular complexity index is 948. The largest absolute Gasteiger partial charge is 0.508 e. The summed E-state index contributed by atoms with van der Waals surface area (Å²) >= 11 is 0. The highest BCUT2D eigenvalue weighted by Crippen LogP contribution is 2.32. The number of anilines is 1. The number of nitrogens with zero attached hydrogens (tertiary/aromatic N) is 4. The van der Waals surface area contributed by atoms with E-state index in [9.17, 15) is 20.4 Å². The summed E-state index contributed by atoms with van der Waals surface area (Å²) in [4.78, 5) is 12.7. The van der Waals surface area contributed by atoms with Crippen molar-refractivity contribution < 1.29 is 25.2 Å². The lowest BCUT2D eigenvalue weighted by atomic mass is 10.1. The summed E-state index contributed by atoms with van der Waals surface area (Å²) < 4.78 is 7.03. The molecule has 0 unspecified atom stereocenters. The first-order valence-corrected chi connectivity index (χ1v) is 8.40. The van der Waals surface area contributed by atoms with Crippen molar-refractivity contribution in [3.8, 4) is 5.75 Å². The van der Waals surface area contributed by atoms with Crippen molar-refractivity contribution >= 4 is 17.0 Å². The van der Waals surface area contributed by atoms with E-state index in [4.69, 9.17) is 4.74 Å². The molecule has 3 aromatic rings. The highest BCUT2D eigenvalue weighted by molar-refractivity contribution is 5.82. The van der Waals surface area contributed by atoms with Crippen LogP contribution in [0.2, 0.25) is 0 Å². The molecule has 3 heterocycles. The molecule has 4 atom stereocenters. The van der Waals surface area contributed by atoms with Gasteiger partial charge in [0.25, 0.3) is 0 Å². The summed E-state index contributed by atoms with van der Waals surface area (Å²) in [5, 5.41) is 42.1. The molecule has 0 amide bonds. The average Bonchev–Trinajstić information content (AvgIpc) is 3.22. The Hall–Kier alpha value is -2.79. The van der Waals surface area contributed by atoms with Gasteiger partial charge < -0.3 is 30.5 Å². The van der Waals surface area contributed by atoms with Crippen LogP contribution in [0.4, 0.5) is 5.82 Å². The number of aromatic hydroxyl groups is 1. The van der Waals surface area contributed by atoms with Gasteiger partial charge in [0.15, 0.2) is 23.2 Å². The van der Waals surface area contributed by atoms with Crippen molar-refractivity contribution in [3.05, 3.63) is 42.5 Å². The molecule has 2 aromatic heterocycles. The highest BCUT2D eigenvalue weighted by atomic mass is 16.6. The summed E-state index contributed by atoms with van der Waals surface area (Å²) in [5.41, 5.74) is 1.75. The predicted octanol–water partition coefficient (Wildman–Crippen LogP) is -0.245. The number of nitrogens with one attached hydrogen (secondary N) is 1. The molecule has 0 spiro atoms. The van der Waals surface area contributed by atoms with Crippen LogP contribution < -0.4 is 5.32 Å². The van der Waals surface area contributed by atoms with Crippen molar-refractivity contribution in [2.45, 2.75) is 31.1 Å². The molecular formula is C17H19N5O5. The topological polar surface area (TPSA) is 146 Å². The van der Waals surface area contributed by atoms with E-state index in [0.717, 1.165) is 5.56 Å². The van der Waals surface area contributed by atoms with Crippen LogP contribution in [0, 0.1) is 0 Å². The van der Waals surface area contributed by atoms with E-state index in [1.54, 1.807) is 18.2 Å². The van der Waals surface area contributed by atoms with Gasteiger partial charge in [-0.2, -0.15) is 0 Å². The van der Waals surface area contributed by atoms with E-state index in [1.807, 2.05) is 6.07 Å². The maximum absolute atomic E-state index is 10.2. The van der Waals surface area contributed by atoms with Crippen molar-refractivity contribution in [2.24, 2.45) is 0 Å². The van der Waals surface area contributed by atoms with Crippen LogP contribution in [0.1, 0.15) is 11.8 Å². The molecule has 27 heavy (non-hydrogen) atoms. The van der Waals surface area contributed by atoms with Crippen LogP contribution in [0.3, 0.4) is 0 Å². The number of aromatic nitrogens is 4. The molecule has 1 aliphatic heterocycles. The fraction of sp³-hybridized carbons (Fsp3) is 0.353. The number of aliphatic hydroxyl groups is 3. The molecule has 0 bridgehead atoms. The molecular weight excluding hydrogens is 354 g/mol. The second kappa shape index (κ2) is 7.08. The molecule has 10 heteroatoms. The van der Waals surface area contributed by atoms with Crippen LogP contribution >= 0.6 is 0 Å². The lowest BCUT2D eigenvalue weighted by Crippen LogP contribution is -2.33. The molecule has 0 aliphatic carbocycles. The first kappa shape index (κ1) is 17.6. The predicted molar refractivity (Wildman–Crippen MR) is 93.8 cm³/mol. The van der Waals surface area contributed by atoms with E-state index in [1.165, 1.54) is 17.2 Å². The maximum Gasteiger partial charge on any atom is 0.167 e. The quantitative estimate of drug-likeness (QED) is 0.409. The van der Waals surface area contributed by atoms with E-state index < -0.39 is 31.1 Å². The summed E-state index contributed by atoms with van der Waals surface area (Å²) in [7, 11) is 0. The minimum absolute atomic E-state index is 0.177. The zero-order valence-electron chi connectivity index (χ0n) is 14.2. The van der Waals surface area contributed by atoms with Gasteiger partial charge >= 0.3 is 0 Å². The number of phenols is 1. The second-order valence-electron chi connectivity index (χ2n) is 6.30. The van der Waals surface area contributed by atoms with Crippen LogP contribution in [0.25, 0.3) is 11.2 Å². The molecule has 1 saturated heterocycles. The number of hydrogen-bond acceptors (Lipinski definition) is 9. The van der Waals surface area contributed by atoms with Crippen molar-refractivity contribution in [1.82, 2.24) is 19.5 Å². The van der Waals surface area contributed by atoms with Crippen LogP contribution in [-0.4, -0.2) is 64.9 Å². The van der Waals surface area contributed by atoms with Crippen LogP contribution in [0.5, 0.6) is 5.75 Å². The minimum atomic E-state index is -1.22. The number of ether oxygens (including phenoxy) is 1. The SMILES string of the molecule is OC[C@H]1O[C@@H](n2cnc3c(NCc4cccc(O)c4)ncnc32)[C@H](O)[C@@H]1O. The van der Waals surface area contributed by atoms with E-state index in [-0.39, 0.29) is 5.75 Å². The molecule has 1 aliphatic rings. The number of imidazole rings is 1. The van der Waals surface area contributed by atoms with Crippen molar-refractivity contribution in [3.63, 3.8) is 0 Å². The summed E-state index contributed by atoms with van der Waals surface area (Å²) in [6, 6.07) is 6.85. The lowest BCUT2D eigenvalue weighted by Gasteiger charge is -2.16. The Labute approximate surface area is 153 Å². The van der Waals surface area contributed by atoms with Gasteiger partial charge in [0.05, 0.1) is 12.9 Å². The van der Waals surface area contributed by atoms with Crippen LogP contribution in [0.15, 0.2) is 36.9 Å². The molecule has 4 rings (SSSR count). The summed E-state index contributed by atoms with van der Waals surface area (Å²) in [6.45, 7) is 0.00823. The van der Waals surface area contributed by atoms with E-state index in [2.05, 4.69) is 20.3 Å². The minimum Gasteiger partial charge on any atom is -0.508 e. The third-order valence-electron chi connectivity index (χ3n) is 4.52. The molecule has 0 saturated carbocycles. The Morgan fingerprint density at radius 2 is 2.00 bits per heavy atom. The van der Waals surface area contributed by atoms with E-state index in [0.29, 0.717) is 23.5 Å². The Kier molecular flexibility index (Phi) is 4.62. The van der Waals surface area contributed by atoms with Gasteiger partial charge in [0, 0.05) is 6.54 Å². The first-order valence-electron chi connectivity index (χ1n) is 8.40. The third-order valence-corrected chi connectivity index (χ3v) is 4.52. The summed E-state index contributed by atoms with van der Waals surface area (Å²) in [6.07, 6.45) is -1.43. The number of rotatable bonds is 5. The zero-order valence-corrected chi connectivity index (χ0v) is 14.2. The van der Waals surface area contributed by atoms with Gasteiger partial charge in [-0.3, -0.25) is 4.57 Å². The number of phenolic OH excluding ortho intramolecular Hbond substituents is 1. The molecule has 5 N–H and O–H groups in total. The average molecular weight is 373 g/mol. The first-order chi connectivity index (χ1) is 13.1. The molecule has 142 valence electrons.